The molecule has 0 saturated heterocycles. The number of methoxy groups -OCH3 is 1. The van der Waals surface area contributed by atoms with Crippen molar-refractivity contribution in [3.05, 3.63) is 89.2 Å². The minimum Gasteiger partial charge on any atom is -0.495 e. The zero-order chi connectivity index (χ0) is 23.9. The van der Waals surface area contributed by atoms with Crippen molar-refractivity contribution in [3.8, 4) is 17.6 Å². The van der Waals surface area contributed by atoms with Crippen LogP contribution in [0.3, 0.4) is 0 Å². The Bertz CT molecular complexity index is 1230. The number of aliphatic hydroxyl groups excluding tert-OH is 1. The molecule has 1 aromatic heterocycles. The number of aromatic nitrogens is 1. The summed E-state index contributed by atoms with van der Waals surface area (Å²) in [5.74, 6) is -0.0784. The Balaban J connectivity index is 1.83. The van der Waals surface area contributed by atoms with E-state index in [0.29, 0.717) is 34.7 Å². The molecule has 2 heterocycles. The van der Waals surface area contributed by atoms with E-state index in [0.717, 1.165) is 12.1 Å². The number of fused-ring (bicyclic) bond motifs is 3. The molecule has 1 aliphatic carbocycles. The van der Waals surface area contributed by atoms with Crippen LogP contribution in [-0.4, -0.2) is 41.5 Å². The first-order valence-electron chi connectivity index (χ1n) is 11.4. The van der Waals surface area contributed by atoms with Gasteiger partial charge in [-0.25, -0.2) is 0 Å². The highest BCUT2D eigenvalue weighted by atomic mass is 16.5. The molecule has 174 valence electrons. The lowest BCUT2D eigenvalue weighted by molar-refractivity contribution is -0.152. The van der Waals surface area contributed by atoms with Crippen LogP contribution in [0.25, 0.3) is 0 Å². The summed E-state index contributed by atoms with van der Waals surface area (Å²) in [7, 11) is 1.51. The fourth-order valence-electron chi connectivity index (χ4n) is 5.86. The Hall–Kier alpha value is -3.44. The average Bonchev–Trinajstić information content (AvgIpc) is 3.26. The molecule has 1 aliphatic heterocycles. The Morgan fingerprint density at radius 1 is 1.15 bits per heavy atom. The first-order valence-corrected chi connectivity index (χ1v) is 11.4. The number of aliphatic hydroxyl groups is 2. The fraction of sp³-hybridized carbons (Fsp3) is 0.333. The lowest BCUT2D eigenvalue weighted by Crippen LogP contribution is -2.52. The van der Waals surface area contributed by atoms with Gasteiger partial charge < -0.3 is 25.0 Å². The van der Waals surface area contributed by atoms with Gasteiger partial charge in [0.2, 0.25) is 0 Å². The second kappa shape index (κ2) is 8.41. The topological polar surface area (TPSA) is 108 Å². The molecule has 0 radical (unpaired) electrons. The Kier molecular flexibility index (Phi) is 5.53. The first-order chi connectivity index (χ1) is 16.5. The van der Waals surface area contributed by atoms with Gasteiger partial charge >= 0.3 is 0 Å². The van der Waals surface area contributed by atoms with Crippen LogP contribution >= 0.6 is 0 Å². The molecule has 0 spiro atoms. The van der Waals surface area contributed by atoms with Gasteiger partial charge in [0, 0.05) is 18.4 Å². The second-order valence-electron chi connectivity index (χ2n) is 8.81. The highest BCUT2D eigenvalue weighted by Gasteiger charge is 2.76. The zero-order valence-corrected chi connectivity index (χ0v) is 19.1. The van der Waals surface area contributed by atoms with Crippen molar-refractivity contribution in [2.75, 3.05) is 20.2 Å². The van der Waals surface area contributed by atoms with E-state index in [1.165, 1.54) is 13.3 Å². The van der Waals surface area contributed by atoms with Crippen LogP contribution in [0.15, 0.2) is 67.0 Å². The summed E-state index contributed by atoms with van der Waals surface area (Å²) in [5, 5.41) is 37.2. The summed E-state index contributed by atoms with van der Waals surface area (Å²) in [4.78, 5) is 4.23. The molecule has 0 amide bonds. The number of nitrogens with zero attached hydrogens (tertiary/aromatic N) is 2. The summed E-state index contributed by atoms with van der Waals surface area (Å²) in [5.41, 5.74) is -0.714. The van der Waals surface area contributed by atoms with Crippen LogP contribution in [0.4, 0.5) is 0 Å². The number of benzene rings is 2. The third kappa shape index (κ3) is 2.90. The maximum absolute atomic E-state index is 12.6. The van der Waals surface area contributed by atoms with Crippen molar-refractivity contribution in [2.24, 2.45) is 5.92 Å². The van der Waals surface area contributed by atoms with Gasteiger partial charge in [-0.3, -0.25) is 4.98 Å². The number of hydrogen-bond donors (Lipinski definition) is 3. The number of nitrogens with one attached hydrogen (secondary N) is 1. The van der Waals surface area contributed by atoms with Gasteiger partial charge in [-0.15, -0.1) is 0 Å². The summed E-state index contributed by atoms with van der Waals surface area (Å²) in [6, 6.07) is 19.0. The predicted molar refractivity (Wildman–Crippen MR) is 125 cm³/mol. The molecule has 0 bridgehead atoms. The molecular weight excluding hydrogens is 430 g/mol. The molecule has 5 rings (SSSR count). The highest BCUT2D eigenvalue weighted by molar-refractivity contribution is 5.59. The van der Waals surface area contributed by atoms with Gasteiger partial charge in [0.05, 0.1) is 42.8 Å². The summed E-state index contributed by atoms with van der Waals surface area (Å²) in [6.07, 6.45) is 1.90. The van der Waals surface area contributed by atoms with Crippen molar-refractivity contribution < 1.29 is 19.7 Å². The number of rotatable bonds is 6. The number of hydrogen-bond acceptors (Lipinski definition) is 7. The molecule has 7 heteroatoms. The minimum absolute atomic E-state index is 0.352. The van der Waals surface area contributed by atoms with Gasteiger partial charge in [-0.1, -0.05) is 49.4 Å². The normalized spacial score (nSPS) is 29.1. The molecule has 3 aromatic rings. The third-order valence-electron chi connectivity index (χ3n) is 7.25. The van der Waals surface area contributed by atoms with Crippen LogP contribution in [0.5, 0.6) is 11.5 Å². The smallest absolute Gasteiger partial charge is 0.177 e. The molecule has 34 heavy (non-hydrogen) atoms. The minimum atomic E-state index is -1.83. The van der Waals surface area contributed by atoms with Gasteiger partial charge in [-0.05, 0) is 29.8 Å². The van der Waals surface area contributed by atoms with E-state index in [1.807, 2.05) is 37.3 Å². The summed E-state index contributed by atoms with van der Waals surface area (Å²) >= 11 is 0. The van der Waals surface area contributed by atoms with Crippen molar-refractivity contribution in [2.45, 2.75) is 30.1 Å². The Morgan fingerprint density at radius 3 is 2.53 bits per heavy atom. The lowest BCUT2D eigenvalue weighted by Gasteiger charge is -2.41. The van der Waals surface area contributed by atoms with Crippen LogP contribution < -0.4 is 14.8 Å². The third-order valence-corrected chi connectivity index (χ3v) is 7.25. The first kappa shape index (κ1) is 22.4. The maximum atomic E-state index is 12.6. The van der Waals surface area contributed by atoms with Crippen molar-refractivity contribution in [1.82, 2.24) is 10.3 Å². The fourth-order valence-corrected chi connectivity index (χ4v) is 5.86. The maximum Gasteiger partial charge on any atom is 0.177 e. The molecule has 7 nitrogen and oxygen atoms in total. The van der Waals surface area contributed by atoms with E-state index < -0.39 is 23.2 Å². The predicted octanol–water partition coefficient (Wildman–Crippen LogP) is 2.82. The Labute approximate surface area is 198 Å². The van der Waals surface area contributed by atoms with Gasteiger partial charge in [-0.2, -0.15) is 5.26 Å². The standard InChI is InChI=1S/C27H27N3O4/c1-3-29-14-20-23(18-7-5-4-6-8-18)27(19-11-9-17(13-28)10-12-19)26(32,25(20)31)24-21(33-2)15-30-16-22(24)34-27/h4-12,15-16,20,23,25,29,31-32H,3,14H2,1-2H3/t20-,23-,25-,26+,27+/m1/s1. The zero-order valence-electron chi connectivity index (χ0n) is 19.1. The lowest BCUT2D eigenvalue weighted by atomic mass is 9.70. The van der Waals surface area contributed by atoms with E-state index in [2.05, 4.69) is 16.4 Å². The van der Waals surface area contributed by atoms with Crippen LogP contribution in [-0.2, 0) is 11.2 Å². The van der Waals surface area contributed by atoms with E-state index in [4.69, 9.17) is 9.47 Å². The van der Waals surface area contributed by atoms with Crippen molar-refractivity contribution >= 4 is 0 Å². The largest absolute Gasteiger partial charge is 0.495 e. The van der Waals surface area contributed by atoms with Crippen molar-refractivity contribution in [3.63, 3.8) is 0 Å². The molecule has 3 N–H and O–H groups in total. The molecule has 0 unspecified atom stereocenters. The molecular formula is C27H27N3O4. The molecule has 1 fully saturated rings. The van der Waals surface area contributed by atoms with E-state index in [-0.39, 0.29) is 5.92 Å². The second-order valence-corrected chi connectivity index (χ2v) is 8.81. The Morgan fingerprint density at radius 2 is 1.88 bits per heavy atom. The quantitative estimate of drug-likeness (QED) is 0.522. The van der Waals surface area contributed by atoms with E-state index >= 15 is 0 Å². The number of pyridine rings is 1. The van der Waals surface area contributed by atoms with E-state index in [9.17, 15) is 15.5 Å². The van der Waals surface area contributed by atoms with Crippen LogP contribution in [0.1, 0.15) is 35.1 Å². The highest BCUT2D eigenvalue weighted by Crippen LogP contribution is 2.69. The molecule has 5 atom stereocenters. The number of nitriles is 1. The SMILES string of the molecule is CCNC[C@H]1[C@@H](O)[C@@]2(O)c3c(OC)cncc3O[C@@]2(c2ccc(C#N)cc2)[C@@H]1c1ccccc1. The summed E-state index contributed by atoms with van der Waals surface area (Å²) < 4.78 is 12.3. The van der Waals surface area contributed by atoms with Gasteiger partial charge in [0.25, 0.3) is 0 Å². The van der Waals surface area contributed by atoms with Gasteiger partial charge in [0.1, 0.15) is 11.5 Å². The van der Waals surface area contributed by atoms with Crippen LogP contribution in [0, 0.1) is 17.2 Å². The number of ether oxygens (including phenoxy) is 2. The monoisotopic (exact) mass is 457 g/mol. The van der Waals surface area contributed by atoms with Crippen molar-refractivity contribution in [1.29, 1.82) is 5.26 Å². The van der Waals surface area contributed by atoms with Crippen LogP contribution in [0.2, 0.25) is 0 Å². The average molecular weight is 458 g/mol. The van der Waals surface area contributed by atoms with E-state index in [1.54, 1.807) is 30.5 Å². The molecule has 2 aliphatic rings. The summed E-state index contributed by atoms with van der Waals surface area (Å²) in [6.45, 7) is 3.20. The molecule has 1 saturated carbocycles. The van der Waals surface area contributed by atoms with Gasteiger partial charge in [0.15, 0.2) is 11.2 Å². The molecule has 2 aromatic carbocycles.